The second kappa shape index (κ2) is 12.6. The molecule has 1 aliphatic heterocycles. The van der Waals surface area contributed by atoms with Crippen molar-refractivity contribution in [2.45, 2.75) is 38.5 Å². The summed E-state index contributed by atoms with van der Waals surface area (Å²) >= 11 is 0. The third kappa shape index (κ3) is 6.07. The quantitative estimate of drug-likeness (QED) is 0.306. The van der Waals surface area contributed by atoms with Crippen LogP contribution in [0, 0.1) is 0 Å². The van der Waals surface area contributed by atoms with Crippen molar-refractivity contribution in [2.24, 2.45) is 0 Å². The maximum atomic E-state index is 14.1. The zero-order valence-corrected chi connectivity index (χ0v) is 22.7. The van der Waals surface area contributed by atoms with Gasteiger partial charge < -0.3 is 19.5 Å². The Kier molecular flexibility index (Phi) is 8.56. The number of hydrogen-bond acceptors (Lipinski definition) is 7. The summed E-state index contributed by atoms with van der Waals surface area (Å²) in [7, 11) is 1.58. The Bertz CT molecular complexity index is 1430. The fraction of sp³-hybridized carbons (Fsp3) is 0.333. The van der Waals surface area contributed by atoms with Crippen LogP contribution in [0.25, 0.3) is 11.0 Å². The monoisotopic (exact) mass is 543 g/mol. The molecule has 0 radical (unpaired) electrons. The number of para-hydroxylation sites is 1. The third-order valence-corrected chi connectivity index (χ3v) is 6.87. The van der Waals surface area contributed by atoms with E-state index in [-0.39, 0.29) is 24.5 Å². The maximum absolute atomic E-state index is 14.1. The number of carbonyl (C=O) groups is 2. The highest BCUT2D eigenvalue weighted by Gasteiger charge is 2.34. The molecule has 3 aromatic carbocycles. The van der Waals surface area contributed by atoms with Gasteiger partial charge in [-0.25, -0.2) is 4.68 Å². The summed E-state index contributed by atoms with van der Waals surface area (Å²) in [6, 6.07) is 20.8. The van der Waals surface area contributed by atoms with E-state index in [1.807, 2.05) is 43.3 Å². The number of amides is 2. The van der Waals surface area contributed by atoms with E-state index in [4.69, 9.17) is 14.2 Å². The molecule has 1 saturated heterocycles. The number of nitrogens with one attached hydrogen (secondary N) is 1. The van der Waals surface area contributed by atoms with Crippen LogP contribution < -0.4 is 19.7 Å². The SMILES string of the molecule is CCOc1ccc([C@H](C(=O)NC[C@@H]2CCCO2)N(C(=O)Cn2nnc3ccccc32)c2ccc(OC)cc2)cc1. The number of fused-ring (bicyclic) bond motifs is 1. The van der Waals surface area contributed by atoms with Gasteiger partial charge in [-0.2, -0.15) is 0 Å². The average molecular weight is 544 g/mol. The van der Waals surface area contributed by atoms with Crippen LogP contribution in [0.2, 0.25) is 0 Å². The van der Waals surface area contributed by atoms with Gasteiger partial charge in [0, 0.05) is 18.8 Å². The molecule has 1 aromatic heterocycles. The molecule has 40 heavy (non-hydrogen) atoms. The van der Waals surface area contributed by atoms with E-state index in [1.165, 1.54) is 4.90 Å². The lowest BCUT2D eigenvalue weighted by atomic mass is 10.0. The van der Waals surface area contributed by atoms with Gasteiger partial charge in [-0.05, 0) is 73.9 Å². The topological polar surface area (TPSA) is 108 Å². The molecular formula is C30H33N5O5. The Morgan fingerprint density at radius 2 is 1.82 bits per heavy atom. The number of rotatable bonds is 11. The predicted molar refractivity (Wildman–Crippen MR) is 150 cm³/mol. The predicted octanol–water partition coefficient (Wildman–Crippen LogP) is 3.91. The van der Waals surface area contributed by atoms with Crippen LogP contribution in [-0.4, -0.2) is 59.8 Å². The molecule has 1 N–H and O–H groups in total. The molecule has 0 unspecified atom stereocenters. The molecule has 0 aliphatic carbocycles. The van der Waals surface area contributed by atoms with E-state index in [0.717, 1.165) is 18.4 Å². The lowest BCUT2D eigenvalue weighted by molar-refractivity contribution is -0.127. The van der Waals surface area contributed by atoms with Crippen LogP contribution in [0.1, 0.15) is 31.4 Å². The second-order valence-corrected chi connectivity index (χ2v) is 9.48. The Hall–Kier alpha value is -4.44. The van der Waals surface area contributed by atoms with Crippen molar-refractivity contribution in [3.8, 4) is 11.5 Å². The summed E-state index contributed by atoms with van der Waals surface area (Å²) in [5.74, 6) is 0.680. The summed E-state index contributed by atoms with van der Waals surface area (Å²) in [6.07, 6.45) is 1.80. The first kappa shape index (κ1) is 27.1. The number of carbonyl (C=O) groups excluding carboxylic acids is 2. The van der Waals surface area contributed by atoms with Gasteiger partial charge in [-0.1, -0.05) is 29.5 Å². The Morgan fingerprint density at radius 3 is 2.52 bits per heavy atom. The minimum Gasteiger partial charge on any atom is -0.497 e. The molecule has 0 bridgehead atoms. The number of aromatic nitrogens is 3. The van der Waals surface area contributed by atoms with Crippen LogP contribution >= 0.6 is 0 Å². The van der Waals surface area contributed by atoms with Crippen molar-refractivity contribution < 1.29 is 23.8 Å². The lowest BCUT2D eigenvalue weighted by Crippen LogP contribution is -2.46. The van der Waals surface area contributed by atoms with E-state index < -0.39 is 6.04 Å². The van der Waals surface area contributed by atoms with Gasteiger partial charge in [0.15, 0.2) is 0 Å². The number of benzene rings is 3. The number of ether oxygens (including phenoxy) is 3. The fourth-order valence-electron chi connectivity index (χ4n) is 4.87. The molecule has 2 atom stereocenters. The maximum Gasteiger partial charge on any atom is 0.249 e. The van der Waals surface area contributed by atoms with E-state index in [1.54, 1.807) is 48.2 Å². The highest BCUT2D eigenvalue weighted by molar-refractivity contribution is 6.01. The van der Waals surface area contributed by atoms with Crippen LogP contribution in [0.5, 0.6) is 11.5 Å². The van der Waals surface area contributed by atoms with Crippen molar-refractivity contribution >= 4 is 28.5 Å². The van der Waals surface area contributed by atoms with E-state index >= 15 is 0 Å². The summed E-state index contributed by atoms with van der Waals surface area (Å²) in [5.41, 5.74) is 2.59. The zero-order valence-electron chi connectivity index (χ0n) is 22.7. The van der Waals surface area contributed by atoms with E-state index in [2.05, 4.69) is 15.6 Å². The molecule has 0 spiro atoms. The molecule has 10 nitrogen and oxygen atoms in total. The van der Waals surface area contributed by atoms with Gasteiger partial charge in [-0.15, -0.1) is 5.10 Å². The minimum atomic E-state index is -0.965. The second-order valence-electron chi connectivity index (χ2n) is 9.48. The first-order chi connectivity index (χ1) is 19.6. The van der Waals surface area contributed by atoms with Crippen molar-refractivity contribution in [2.75, 3.05) is 31.8 Å². The molecule has 2 amide bonds. The molecule has 1 fully saturated rings. The number of nitrogens with zero attached hydrogens (tertiary/aromatic N) is 4. The van der Waals surface area contributed by atoms with Crippen molar-refractivity contribution in [1.29, 1.82) is 0 Å². The standard InChI is InChI=1S/C30H33N5O5/c1-3-39-24-14-10-21(11-15-24)29(30(37)31-19-25-7-6-18-40-25)35(22-12-16-23(38-2)17-13-22)28(36)20-34-27-9-5-4-8-26(27)32-33-34/h4-5,8-17,25,29H,3,6-7,18-20H2,1-2H3,(H,31,37)/t25-,29+/m0/s1. The van der Waals surface area contributed by atoms with Crippen LogP contribution in [-0.2, 0) is 20.9 Å². The van der Waals surface area contributed by atoms with Gasteiger partial charge in [0.2, 0.25) is 11.8 Å². The molecule has 4 aromatic rings. The molecular weight excluding hydrogens is 510 g/mol. The third-order valence-electron chi connectivity index (χ3n) is 6.87. The van der Waals surface area contributed by atoms with Crippen LogP contribution in [0.4, 0.5) is 5.69 Å². The average Bonchev–Trinajstić information content (AvgIpc) is 3.66. The van der Waals surface area contributed by atoms with Crippen LogP contribution in [0.3, 0.4) is 0 Å². The summed E-state index contributed by atoms with van der Waals surface area (Å²) in [4.78, 5) is 29.6. The molecule has 1 aliphatic rings. The molecule has 0 saturated carbocycles. The number of methoxy groups -OCH3 is 1. The van der Waals surface area contributed by atoms with Gasteiger partial charge in [0.25, 0.3) is 0 Å². The highest BCUT2D eigenvalue weighted by atomic mass is 16.5. The van der Waals surface area contributed by atoms with Gasteiger partial charge in [-0.3, -0.25) is 14.5 Å². The zero-order chi connectivity index (χ0) is 27.9. The van der Waals surface area contributed by atoms with Crippen molar-refractivity contribution in [3.63, 3.8) is 0 Å². The largest absolute Gasteiger partial charge is 0.497 e. The number of anilines is 1. The van der Waals surface area contributed by atoms with E-state index in [9.17, 15) is 9.59 Å². The van der Waals surface area contributed by atoms with Crippen molar-refractivity contribution in [3.05, 3.63) is 78.4 Å². The highest BCUT2D eigenvalue weighted by Crippen LogP contribution is 2.31. The first-order valence-corrected chi connectivity index (χ1v) is 13.4. The molecule has 5 rings (SSSR count). The van der Waals surface area contributed by atoms with E-state index in [0.29, 0.717) is 48.0 Å². The Balaban J connectivity index is 1.53. The summed E-state index contributed by atoms with van der Waals surface area (Å²) in [5, 5.41) is 11.4. The fourth-order valence-corrected chi connectivity index (χ4v) is 4.87. The molecule has 208 valence electrons. The van der Waals surface area contributed by atoms with Gasteiger partial charge in [0.05, 0.1) is 25.3 Å². The van der Waals surface area contributed by atoms with Crippen molar-refractivity contribution in [1.82, 2.24) is 20.3 Å². The summed E-state index contributed by atoms with van der Waals surface area (Å²) < 4.78 is 18.2. The number of hydrogen-bond donors (Lipinski definition) is 1. The Labute approximate surface area is 232 Å². The van der Waals surface area contributed by atoms with Crippen LogP contribution in [0.15, 0.2) is 72.8 Å². The van der Waals surface area contributed by atoms with Gasteiger partial charge in [0.1, 0.15) is 29.6 Å². The first-order valence-electron chi connectivity index (χ1n) is 13.4. The Morgan fingerprint density at radius 1 is 1.07 bits per heavy atom. The van der Waals surface area contributed by atoms with Gasteiger partial charge >= 0.3 is 0 Å². The molecule has 10 heteroatoms. The lowest BCUT2D eigenvalue weighted by Gasteiger charge is -2.32. The summed E-state index contributed by atoms with van der Waals surface area (Å²) in [6.45, 7) is 3.37. The normalized spacial score (nSPS) is 15.5. The minimum absolute atomic E-state index is 0.0448. The smallest absolute Gasteiger partial charge is 0.249 e. The molecule has 2 heterocycles.